The van der Waals surface area contributed by atoms with Crippen molar-refractivity contribution in [2.24, 2.45) is 0 Å². The van der Waals surface area contributed by atoms with Gasteiger partial charge >= 0.3 is 0 Å². The molecule has 0 bridgehead atoms. The second-order valence-electron chi connectivity index (χ2n) is 6.81. The number of hydrogen-bond acceptors (Lipinski definition) is 5. The Morgan fingerprint density at radius 2 is 2.00 bits per heavy atom. The monoisotopic (exact) mass is 314 g/mol. The molecule has 2 atom stereocenters. The second-order valence-corrected chi connectivity index (χ2v) is 8.04. The molecule has 1 spiro atoms. The predicted octanol–water partition coefficient (Wildman–Crippen LogP) is 1.74. The standard InChI is InChI=1S/C16H30N2O2S/c1-14(13-18-5-8-19-9-6-18)17-15-2-7-20-16(12-15)3-10-21-11-4-16/h14-15,17H,2-13H2,1H3. The molecule has 21 heavy (non-hydrogen) atoms. The zero-order valence-corrected chi connectivity index (χ0v) is 14.1. The van der Waals surface area contributed by atoms with Crippen molar-refractivity contribution < 1.29 is 9.47 Å². The molecule has 122 valence electrons. The van der Waals surface area contributed by atoms with Crippen LogP contribution in [0.15, 0.2) is 0 Å². The van der Waals surface area contributed by atoms with Gasteiger partial charge in [0.25, 0.3) is 0 Å². The Labute approximate surface area is 133 Å². The van der Waals surface area contributed by atoms with Crippen LogP contribution in [0.25, 0.3) is 0 Å². The number of ether oxygens (including phenoxy) is 2. The molecule has 1 N–H and O–H groups in total. The Balaban J connectivity index is 1.45. The molecule has 0 aromatic heterocycles. The first-order chi connectivity index (χ1) is 10.3. The zero-order valence-electron chi connectivity index (χ0n) is 13.3. The highest BCUT2D eigenvalue weighted by Gasteiger charge is 2.38. The Kier molecular flexibility index (Phi) is 5.85. The predicted molar refractivity (Wildman–Crippen MR) is 88.1 cm³/mol. The van der Waals surface area contributed by atoms with Crippen molar-refractivity contribution in [1.82, 2.24) is 10.2 Å². The highest BCUT2D eigenvalue weighted by atomic mass is 32.2. The number of morpholine rings is 1. The van der Waals surface area contributed by atoms with Crippen LogP contribution in [0.1, 0.15) is 32.6 Å². The fourth-order valence-electron chi connectivity index (χ4n) is 3.89. The van der Waals surface area contributed by atoms with E-state index in [1.54, 1.807) is 0 Å². The summed E-state index contributed by atoms with van der Waals surface area (Å²) in [5.74, 6) is 2.55. The first-order valence-electron chi connectivity index (χ1n) is 8.54. The van der Waals surface area contributed by atoms with Gasteiger partial charge in [-0.3, -0.25) is 4.90 Å². The summed E-state index contributed by atoms with van der Waals surface area (Å²) in [7, 11) is 0. The smallest absolute Gasteiger partial charge is 0.0713 e. The number of hydrogen-bond donors (Lipinski definition) is 1. The van der Waals surface area contributed by atoms with Gasteiger partial charge in [0.1, 0.15) is 0 Å². The maximum Gasteiger partial charge on any atom is 0.0713 e. The van der Waals surface area contributed by atoms with Crippen LogP contribution in [0.4, 0.5) is 0 Å². The van der Waals surface area contributed by atoms with Crippen molar-refractivity contribution in [1.29, 1.82) is 0 Å². The van der Waals surface area contributed by atoms with Crippen molar-refractivity contribution in [2.75, 3.05) is 51.0 Å². The van der Waals surface area contributed by atoms with Gasteiger partial charge in [0.15, 0.2) is 0 Å². The molecule has 0 saturated carbocycles. The van der Waals surface area contributed by atoms with Crippen molar-refractivity contribution in [2.45, 2.75) is 50.3 Å². The van der Waals surface area contributed by atoms with Crippen LogP contribution in [0.5, 0.6) is 0 Å². The molecule has 5 heteroatoms. The molecule has 3 saturated heterocycles. The van der Waals surface area contributed by atoms with E-state index in [9.17, 15) is 0 Å². The minimum atomic E-state index is 0.194. The molecule has 3 rings (SSSR count). The highest BCUT2D eigenvalue weighted by Crippen LogP contribution is 2.37. The molecule has 4 nitrogen and oxygen atoms in total. The summed E-state index contributed by atoms with van der Waals surface area (Å²) in [6.45, 7) is 8.36. The van der Waals surface area contributed by atoms with E-state index in [1.165, 1.54) is 37.2 Å². The van der Waals surface area contributed by atoms with Gasteiger partial charge in [-0.05, 0) is 44.1 Å². The third-order valence-corrected chi connectivity index (χ3v) is 6.04. The number of thioether (sulfide) groups is 1. The summed E-state index contributed by atoms with van der Waals surface area (Å²) < 4.78 is 11.6. The summed E-state index contributed by atoms with van der Waals surface area (Å²) in [5.41, 5.74) is 0.194. The lowest BCUT2D eigenvalue weighted by atomic mass is 9.85. The van der Waals surface area contributed by atoms with Crippen molar-refractivity contribution in [3.63, 3.8) is 0 Å². The summed E-state index contributed by atoms with van der Waals surface area (Å²) in [6.07, 6.45) is 4.87. The minimum Gasteiger partial charge on any atom is -0.379 e. The van der Waals surface area contributed by atoms with Crippen LogP contribution in [0, 0.1) is 0 Å². The maximum atomic E-state index is 6.19. The largest absolute Gasteiger partial charge is 0.379 e. The third-order valence-electron chi connectivity index (χ3n) is 5.05. The van der Waals surface area contributed by atoms with Gasteiger partial charge in [0.2, 0.25) is 0 Å². The molecule has 3 heterocycles. The average Bonchev–Trinajstić information content (AvgIpc) is 2.49. The Morgan fingerprint density at radius 3 is 2.76 bits per heavy atom. The van der Waals surface area contributed by atoms with E-state index in [4.69, 9.17) is 9.47 Å². The summed E-state index contributed by atoms with van der Waals surface area (Å²) in [4.78, 5) is 2.52. The highest BCUT2D eigenvalue weighted by molar-refractivity contribution is 7.99. The van der Waals surface area contributed by atoms with Gasteiger partial charge in [-0.25, -0.2) is 0 Å². The van der Waals surface area contributed by atoms with E-state index in [0.29, 0.717) is 12.1 Å². The molecule has 0 aliphatic carbocycles. The van der Waals surface area contributed by atoms with Crippen molar-refractivity contribution >= 4 is 11.8 Å². The Bertz CT molecular complexity index is 312. The minimum absolute atomic E-state index is 0.194. The molecule has 3 aliphatic heterocycles. The zero-order chi connectivity index (χ0) is 14.5. The molecule has 3 aliphatic rings. The van der Waals surface area contributed by atoms with Gasteiger partial charge in [-0.1, -0.05) is 0 Å². The third kappa shape index (κ3) is 4.58. The van der Waals surface area contributed by atoms with Gasteiger partial charge in [-0.15, -0.1) is 0 Å². The number of nitrogens with zero attached hydrogens (tertiary/aromatic N) is 1. The molecule has 0 amide bonds. The van der Waals surface area contributed by atoms with Gasteiger partial charge in [0.05, 0.1) is 18.8 Å². The lowest BCUT2D eigenvalue weighted by Crippen LogP contribution is -2.53. The SMILES string of the molecule is CC(CN1CCOCC1)NC1CCOC2(CCSCC2)C1. The van der Waals surface area contributed by atoms with Crippen LogP contribution in [-0.2, 0) is 9.47 Å². The quantitative estimate of drug-likeness (QED) is 0.855. The fraction of sp³-hybridized carbons (Fsp3) is 1.00. The topological polar surface area (TPSA) is 33.7 Å². The molecule has 0 aromatic rings. The van der Waals surface area contributed by atoms with Gasteiger partial charge < -0.3 is 14.8 Å². The lowest BCUT2D eigenvalue weighted by Gasteiger charge is -2.44. The van der Waals surface area contributed by atoms with Crippen LogP contribution in [0.2, 0.25) is 0 Å². The summed E-state index contributed by atoms with van der Waals surface area (Å²) in [5, 5.41) is 3.87. The molecule has 2 unspecified atom stereocenters. The second kappa shape index (κ2) is 7.64. The fourth-order valence-corrected chi connectivity index (χ4v) is 5.12. The van der Waals surface area contributed by atoms with E-state index in [-0.39, 0.29) is 5.60 Å². The van der Waals surface area contributed by atoms with Crippen LogP contribution < -0.4 is 5.32 Å². The van der Waals surface area contributed by atoms with E-state index in [0.717, 1.165) is 39.5 Å². The van der Waals surface area contributed by atoms with E-state index < -0.39 is 0 Å². The van der Waals surface area contributed by atoms with Crippen molar-refractivity contribution in [3.8, 4) is 0 Å². The molecule has 3 fully saturated rings. The van der Waals surface area contributed by atoms with Crippen LogP contribution in [0.3, 0.4) is 0 Å². The molecule has 0 radical (unpaired) electrons. The Hall–Kier alpha value is 0.190. The number of rotatable bonds is 4. The maximum absolute atomic E-state index is 6.19. The van der Waals surface area contributed by atoms with E-state index >= 15 is 0 Å². The van der Waals surface area contributed by atoms with Crippen LogP contribution >= 0.6 is 11.8 Å². The summed E-state index contributed by atoms with van der Waals surface area (Å²) in [6, 6.07) is 1.19. The first kappa shape index (κ1) is 16.1. The van der Waals surface area contributed by atoms with Gasteiger partial charge in [-0.2, -0.15) is 11.8 Å². The molecule has 0 aromatic carbocycles. The summed E-state index contributed by atoms with van der Waals surface area (Å²) >= 11 is 2.08. The number of nitrogens with one attached hydrogen (secondary N) is 1. The Morgan fingerprint density at radius 1 is 1.24 bits per heavy atom. The lowest BCUT2D eigenvalue weighted by molar-refractivity contribution is -0.0944. The average molecular weight is 314 g/mol. The normalized spacial score (nSPS) is 32.1. The van der Waals surface area contributed by atoms with E-state index in [2.05, 4.69) is 28.9 Å². The van der Waals surface area contributed by atoms with Crippen molar-refractivity contribution in [3.05, 3.63) is 0 Å². The molecular formula is C16H30N2O2S. The first-order valence-corrected chi connectivity index (χ1v) is 9.69. The van der Waals surface area contributed by atoms with E-state index in [1.807, 2.05) is 0 Å². The molecular weight excluding hydrogens is 284 g/mol. The van der Waals surface area contributed by atoms with Crippen LogP contribution in [-0.4, -0.2) is 73.5 Å². The van der Waals surface area contributed by atoms with Gasteiger partial charge in [0, 0.05) is 38.3 Å².